The number of carbonyl (C=O) groups excluding carboxylic acids is 2. The molecule has 1 aliphatic rings. The van der Waals surface area contributed by atoms with Crippen molar-refractivity contribution in [2.24, 2.45) is 0 Å². The summed E-state index contributed by atoms with van der Waals surface area (Å²) in [5.74, 6) is -1.02. The zero-order valence-electron chi connectivity index (χ0n) is 20.9. The monoisotopic (exact) mass is 578 g/mol. The second-order valence-electron chi connectivity index (χ2n) is 9.12. The molecule has 1 heterocycles. The van der Waals surface area contributed by atoms with Crippen LogP contribution in [0.2, 0.25) is 5.02 Å². The van der Waals surface area contributed by atoms with Gasteiger partial charge in [0.05, 0.1) is 22.9 Å². The summed E-state index contributed by atoms with van der Waals surface area (Å²) in [4.78, 5) is 39.4. The Labute approximate surface area is 231 Å². The molecule has 0 bridgehead atoms. The molecule has 0 fully saturated rings. The number of amides is 2. The Morgan fingerprint density at radius 3 is 2.51 bits per heavy atom. The first kappa shape index (κ1) is 28.4. The Morgan fingerprint density at radius 2 is 1.87 bits per heavy atom. The highest BCUT2D eigenvalue weighted by Crippen LogP contribution is 2.36. The Morgan fingerprint density at radius 1 is 1.18 bits per heavy atom. The number of hydrogen-bond acceptors (Lipinski definition) is 4. The van der Waals surface area contributed by atoms with Gasteiger partial charge in [-0.05, 0) is 29.7 Å². The highest BCUT2D eigenvalue weighted by atomic mass is 35.5. The molecular weight excluding hydrogens is 556 g/mol. The van der Waals surface area contributed by atoms with Crippen molar-refractivity contribution in [3.05, 3.63) is 92.5 Å². The van der Waals surface area contributed by atoms with E-state index in [1.54, 1.807) is 43.4 Å². The Bertz CT molecular complexity index is 1560. The highest BCUT2D eigenvalue weighted by Gasteiger charge is 2.38. The van der Waals surface area contributed by atoms with E-state index in [4.69, 9.17) is 27.6 Å². The van der Waals surface area contributed by atoms with Crippen LogP contribution in [0, 0.1) is 0 Å². The maximum Gasteiger partial charge on any atom is 0.414 e. The van der Waals surface area contributed by atoms with Crippen molar-refractivity contribution in [3.8, 4) is 11.1 Å². The summed E-state index contributed by atoms with van der Waals surface area (Å²) in [6.07, 6.45) is -3.28. The van der Waals surface area contributed by atoms with E-state index < -0.39 is 47.2 Å². The minimum Gasteiger partial charge on any atom is -0.422 e. The first-order chi connectivity index (χ1) is 18.3. The van der Waals surface area contributed by atoms with Gasteiger partial charge in [-0.15, -0.1) is 11.6 Å². The van der Waals surface area contributed by atoms with E-state index in [9.17, 15) is 27.6 Å². The predicted molar refractivity (Wildman–Crippen MR) is 143 cm³/mol. The third-order valence-electron chi connectivity index (χ3n) is 6.33. The molecule has 204 valence electrons. The molecular formula is C28H23Cl2F3N2O4. The molecule has 6 nitrogen and oxygen atoms in total. The molecule has 3 aromatic rings. The molecule has 0 radical (unpaired) electrons. The zero-order chi connectivity index (χ0) is 28.5. The average molecular weight is 579 g/mol. The summed E-state index contributed by atoms with van der Waals surface area (Å²) >= 11 is 12.3. The number of allylic oxidation sites excluding steroid dienone is 3. The summed E-state index contributed by atoms with van der Waals surface area (Å²) in [5, 5.41) is 2.16. The van der Waals surface area contributed by atoms with Crippen molar-refractivity contribution in [1.82, 2.24) is 10.2 Å². The van der Waals surface area contributed by atoms with Gasteiger partial charge in [0.1, 0.15) is 5.58 Å². The second kappa shape index (κ2) is 11.3. The SMILES string of the molecule is CC(=O)N(C)Cc1cc2c(-c3ccccc3)c(CC(=O)NC3=C(C(F)(F)F)CC(Cl)C=C3)c(=O)oc2cc1Cl. The van der Waals surface area contributed by atoms with E-state index in [-0.39, 0.29) is 28.6 Å². The number of carbonyl (C=O) groups is 2. The number of alkyl halides is 4. The minimum atomic E-state index is -4.69. The maximum absolute atomic E-state index is 13.6. The molecule has 11 heteroatoms. The molecule has 2 amide bonds. The van der Waals surface area contributed by atoms with E-state index in [1.165, 1.54) is 24.0 Å². The quantitative estimate of drug-likeness (QED) is 0.282. The Balaban J connectivity index is 1.82. The third-order valence-corrected chi connectivity index (χ3v) is 6.98. The van der Waals surface area contributed by atoms with Crippen molar-refractivity contribution >= 4 is 46.0 Å². The van der Waals surface area contributed by atoms with Gasteiger partial charge in [0, 0.05) is 48.3 Å². The first-order valence-electron chi connectivity index (χ1n) is 11.8. The second-order valence-corrected chi connectivity index (χ2v) is 10.1. The van der Waals surface area contributed by atoms with Gasteiger partial charge in [-0.1, -0.05) is 48.0 Å². The first-order valence-corrected chi connectivity index (χ1v) is 12.6. The fourth-order valence-electron chi connectivity index (χ4n) is 4.30. The normalized spacial score (nSPS) is 15.5. The number of nitrogens with one attached hydrogen (secondary N) is 1. The molecule has 39 heavy (non-hydrogen) atoms. The summed E-state index contributed by atoms with van der Waals surface area (Å²) in [6, 6.07) is 11.9. The van der Waals surface area contributed by atoms with E-state index >= 15 is 0 Å². The third kappa shape index (κ3) is 6.37. The molecule has 2 aromatic carbocycles. The molecule has 1 aromatic heterocycles. The van der Waals surface area contributed by atoms with Crippen molar-refractivity contribution in [3.63, 3.8) is 0 Å². The highest BCUT2D eigenvalue weighted by molar-refractivity contribution is 6.32. The van der Waals surface area contributed by atoms with Gasteiger partial charge in [0.15, 0.2) is 0 Å². The summed E-state index contributed by atoms with van der Waals surface area (Å²) < 4.78 is 46.2. The summed E-state index contributed by atoms with van der Waals surface area (Å²) in [6.45, 7) is 1.59. The van der Waals surface area contributed by atoms with Crippen LogP contribution in [0.15, 0.2) is 75.1 Å². The van der Waals surface area contributed by atoms with E-state index in [0.717, 1.165) is 6.08 Å². The van der Waals surface area contributed by atoms with Crippen LogP contribution < -0.4 is 10.9 Å². The molecule has 1 aliphatic carbocycles. The van der Waals surface area contributed by atoms with Crippen LogP contribution in [-0.2, 0) is 22.6 Å². The van der Waals surface area contributed by atoms with E-state index in [1.807, 2.05) is 0 Å². The van der Waals surface area contributed by atoms with Crippen molar-refractivity contribution in [1.29, 1.82) is 0 Å². The molecule has 0 saturated carbocycles. The fourth-order valence-corrected chi connectivity index (χ4v) is 4.74. The fraction of sp³-hybridized carbons (Fsp3) is 0.250. The zero-order valence-corrected chi connectivity index (χ0v) is 22.4. The summed E-state index contributed by atoms with van der Waals surface area (Å²) in [7, 11) is 1.61. The van der Waals surface area contributed by atoms with Crippen LogP contribution in [0.4, 0.5) is 13.2 Å². The van der Waals surface area contributed by atoms with Gasteiger partial charge in [0.25, 0.3) is 0 Å². The van der Waals surface area contributed by atoms with Gasteiger partial charge >= 0.3 is 11.8 Å². The van der Waals surface area contributed by atoms with Crippen molar-refractivity contribution < 1.29 is 27.2 Å². The van der Waals surface area contributed by atoms with E-state index in [0.29, 0.717) is 22.1 Å². The molecule has 4 rings (SSSR count). The van der Waals surface area contributed by atoms with Crippen LogP contribution in [-0.4, -0.2) is 35.3 Å². The maximum atomic E-state index is 13.6. The van der Waals surface area contributed by atoms with Crippen LogP contribution in [0.25, 0.3) is 22.1 Å². The number of benzene rings is 2. The van der Waals surface area contributed by atoms with Crippen LogP contribution in [0.5, 0.6) is 0 Å². The van der Waals surface area contributed by atoms with Crippen LogP contribution in [0.1, 0.15) is 24.5 Å². The lowest BCUT2D eigenvalue weighted by Gasteiger charge is -2.22. The lowest BCUT2D eigenvalue weighted by atomic mass is 9.94. The molecule has 1 atom stereocenters. The van der Waals surface area contributed by atoms with Gasteiger partial charge in [0.2, 0.25) is 11.8 Å². The molecule has 1 N–H and O–H groups in total. The van der Waals surface area contributed by atoms with Crippen LogP contribution >= 0.6 is 23.2 Å². The van der Waals surface area contributed by atoms with Gasteiger partial charge in [-0.25, -0.2) is 4.79 Å². The number of hydrogen-bond donors (Lipinski definition) is 1. The smallest absolute Gasteiger partial charge is 0.414 e. The predicted octanol–water partition coefficient (Wildman–Crippen LogP) is 6.13. The van der Waals surface area contributed by atoms with E-state index in [2.05, 4.69) is 5.32 Å². The topological polar surface area (TPSA) is 79.6 Å². The van der Waals surface area contributed by atoms with Crippen molar-refractivity contribution in [2.45, 2.75) is 37.9 Å². The molecule has 1 unspecified atom stereocenters. The Kier molecular flexibility index (Phi) is 8.23. The van der Waals surface area contributed by atoms with Gasteiger partial charge in [-0.2, -0.15) is 13.2 Å². The summed E-state index contributed by atoms with van der Waals surface area (Å²) in [5.41, 5.74) is -0.540. The number of halogens is 5. The van der Waals surface area contributed by atoms with Crippen LogP contribution in [0.3, 0.4) is 0 Å². The number of fused-ring (bicyclic) bond motifs is 1. The van der Waals surface area contributed by atoms with Crippen molar-refractivity contribution in [2.75, 3.05) is 7.05 Å². The Hall–Kier alpha value is -3.56. The number of rotatable bonds is 6. The van der Waals surface area contributed by atoms with Gasteiger partial charge in [-0.3, -0.25) is 9.59 Å². The lowest BCUT2D eigenvalue weighted by Crippen LogP contribution is -2.31. The molecule has 0 aliphatic heterocycles. The lowest BCUT2D eigenvalue weighted by molar-refractivity contribution is -0.128. The molecule has 0 saturated heterocycles. The molecule has 0 spiro atoms. The standard InChI is InChI=1S/C28H23Cl2F3N2O4/c1-15(36)35(2)14-17-10-19-24(13-22(17)30)39-27(38)20(26(19)16-6-4-3-5-7-16)12-25(37)34-23-9-8-18(29)11-21(23)28(31,32)33/h3-10,13,18H,11-12,14H2,1-2H3,(H,34,37). The average Bonchev–Trinajstić information content (AvgIpc) is 2.86. The largest absolute Gasteiger partial charge is 0.422 e. The van der Waals surface area contributed by atoms with Gasteiger partial charge < -0.3 is 14.6 Å². The minimum absolute atomic E-state index is 0.0384. The number of nitrogens with zero attached hydrogens (tertiary/aromatic N) is 1.